The van der Waals surface area contributed by atoms with Gasteiger partial charge in [-0.25, -0.2) is 0 Å². The SMILES string of the molecule is OC[C@H]1O[C@@H](OC[C@H](O[C@@H]2O[C@H](CO)[C@@H](O)[C@H](O)[C@H]2O)[C@@H](O[C@@H]2O[C@H](CO)[C@@H](O)[C@H](O)[C@H]2O)[C@H](O[C@@H]2O[C@H](CO)[C@@H](O)[C@H](O)[C@H]2O)[C@@H](CO[C@@H]2O[C@H](CO)[C@@H](O)[C@H](O)[C@H]2O)O[C@@H]2O[C@H](CO)[C@@H](O)[C@H](O)[C@H]2O)[C@H](O)[C@@H](O)[C@@H]1O. The number of hydrogen-bond donors (Lipinski definition) is 24. The van der Waals surface area contributed by atoms with E-state index in [1.165, 1.54) is 0 Å². The Kier molecular flexibility index (Phi) is 24.3. The van der Waals surface area contributed by atoms with Gasteiger partial charge in [-0.1, -0.05) is 0 Å². The van der Waals surface area contributed by atoms with Crippen molar-refractivity contribution in [3.63, 3.8) is 0 Å². The first-order valence-electron chi connectivity index (χ1n) is 24.6. The molecule has 0 amide bonds. The van der Waals surface area contributed by atoms with Gasteiger partial charge in [-0.15, -0.1) is 0 Å². The van der Waals surface area contributed by atoms with Crippen molar-refractivity contribution in [2.75, 3.05) is 52.9 Å². The topological polar surface area (TPSA) is 596 Å². The highest BCUT2D eigenvalue weighted by molar-refractivity contribution is 4.99. The molecule has 0 radical (unpaired) electrons. The molecular weight excluding hydrogens is 1080 g/mol. The Morgan fingerprint density at radius 2 is 0.410 bits per heavy atom. The van der Waals surface area contributed by atoms with Crippen molar-refractivity contribution < 1.29 is 179 Å². The third-order valence-corrected chi connectivity index (χ3v) is 14.2. The summed E-state index contributed by atoms with van der Waals surface area (Å²) in [6.07, 6.45) is -74.5. The normalized spacial score (nSPS) is 49.2. The van der Waals surface area contributed by atoms with Crippen LogP contribution in [0.2, 0.25) is 0 Å². The van der Waals surface area contributed by atoms with E-state index in [-0.39, 0.29) is 0 Å². The van der Waals surface area contributed by atoms with Gasteiger partial charge >= 0.3 is 0 Å². The highest BCUT2D eigenvalue weighted by atomic mass is 16.8. The minimum atomic E-state index is -2.61. The molecule has 6 saturated heterocycles. The zero-order chi connectivity index (χ0) is 57.8. The summed E-state index contributed by atoms with van der Waals surface area (Å²) < 4.78 is 69.8. The van der Waals surface area contributed by atoms with Crippen LogP contribution in [0.5, 0.6) is 0 Å². The predicted molar refractivity (Wildman–Crippen MR) is 234 cm³/mol. The van der Waals surface area contributed by atoms with Crippen LogP contribution in [0.3, 0.4) is 0 Å². The molecule has 6 heterocycles. The van der Waals surface area contributed by atoms with Crippen LogP contribution >= 0.6 is 0 Å². The molecule has 36 heteroatoms. The number of aliphatic hydroxyl groups is 24. The average molecular weight is 1160 g/mol. The van der Waals surface area contributed by atoms with Gasteiger partial charge < -0.3 is 179 Å². The van der Waals surface area contributed by atoms with Crippen LogP contribution in [0.15, 0.2) is 0 Å². The quantitative estimate of drug-likeness (QED) is 0.0452. The zero-order valence-corrected chi connectivity index (χ0v) is 40.9. The molecule has 78 heavy (non-hydrogen) atoms. The summed E-state index contributed by atoms with van der Waals surface area (Å²) in [6, 6.07) is 0. The predicted octanol–water partition coefficient (Wildman–Crippen LogP) is -16.6. The standard InChI is InChI=1S/C42H74O36/c43-1-9-17(49)23(55)29(61)37(69-9)67-7-15(75-39-31(63)25(57)19(51)11(3-45)71-39)35(77-41-33(65)27(59)21(53)13(5-47)73-41)36(78-42-34(66)28(60)22(54)14(6-48)74-42)16(76-40-32(64)26(58)20(52)12(4-46)72-40)8-68-38-30(62)24(56)18(50)10(2-44)70-38/h9-66H,1-8H2/t9-,10-,11-,12-,13-,14-,15-,16+,17-,18-,19-,20-,21-,22-,23+,24+,25+,26+,27+,28+,29-,30-,31-,32-,33-,34-,35-,36-,37-,38-,39+,40+,41+,42+/m1/s1. The van der Waals surface area contributed by atoms with Crippen LogP contribution in [0.4, 0.5) is 0 Å². The molecule has 0 saturated carbocycles. The minimum Gasteiger partial charge on any atom is -0.394 e. The summed E-state index contributed by atoms with van der Waals surface area (Å²) >= 11 is 0. The van der Waals surface area contributed by atoms with Crippen LogP contribution in [0.25, 0.3) is 0 Å². The summed E-state index contributed by atoms with van der Waals surface area (Å²) in [5.41, 5.74) is 0. The molecule has 6 aliphatic heterocycles. The molecule has 0 aliphatic carbocycles. The average Bonchev–Trinajstić information content (AvgIpc) is 3.46. The van der Waals surface area contributed by atoms with Crippen molar-refractivity contribution in [3.05, 3.63) is 0 Å². The molecule has 0 aromatic rings. The fourth-order valence-electron chi connectivity index (χ4n) is 9.34. The Morgan fingerprint density at radius 1 is 0.231 bits per heavy atom. The first kappa shape index (κ1) is 65.7. The molecule has 6 rings (SSSR count). The lowest BCUT2D eigenvalue weighted by Gasteiger charge is -2.48. The molecule has 34 atom stereocenters. The second-order valence-corrected chi connectivity index (χ2v) is 19.4. The lowest BCUT2D eigenvalue weighted by Crippen LogP contribution is -2.66. The van der Waals surface area contributed by atoms with Gasteiger partial charge in [0.05, 0.1) is 52.9 Å². The van der Waals surface area contributed by atoms with E-state index < -0.39 is 262 Å². The van der Waals surface area contributed by atoms with Crippen LogP contribution in [0.1, 0.15) is 0 Å². The number of aliphatic hydroxyl groups excluding tert-OH is 24. The van der Waals surface area contributed by atoms with Gasteiger partial charge in [0.25, 0.3) is 0 Å². The van der Waals surface area contributed by atoms with E-state index in [4.69, 9.17) is 56.8 Å². The van der Waals surface area contributed by atoms with E-state index >= 15 is 0 Å². The smallest absolute Gasteiger partial charge is 0.187 e. The molecule has 6 fully saturated rings. The lowest BCUT2D eigenvalue weighted by molar-refractivity contribution is -0.385. The second-order valence-electron chi connectivity index (χ2n) is 19.4. The van der Waals surface area contributed by atoms with Crippen molar-refractivity contribution in [1.29, 1.82) is 0 Å². The van der Waals surface area contributed by atoms with Gasteiger partial charge in [0.2, 0.25) is 0 Å². The van der Waals surface area contributed by atoms with Gasteiger partial charge in [0, 0.05) is 0 Å². The maximum atomic E-state index is 11.5. The Balaban J connectivity index is 1.58. The maximum Gasteiger partial charge on any atom is 0.187 e. The molecular formula is C42H74O36. The first-order valence-corrected chi connectivity index (χ1v) is 24.6. The maximum absolute atomic E-state index is 11.5. The van der Waals surface area contributed by atoms with Gasteiger partial charge in [-0.2, -0.15) is 0 Å². The molecule has 0 spiro atoms. The van der Waals surface area contributed by atoms with E-state index in [0.29, 0.717) is 0 Å². The summed E-state index contributed by atoms with van der Waals surface area (Å²) in [5, 5.41) is 257. The van der Waals surface area contributed by atoms with Crippen molar-refractivity contribution in [2.24, 2.45) is 0 Å². The fourth-order valence-corrected chi connectivity index (χ4v) is 9.34. The molecule has 24 N–H and O–H groups in total. The molecule has 36 nitrogen and oxygen atoms in total. The van der Waals surface area contributed by atoms with E-state index in [2.05, 4.69) is 0 Å². The highest BCUT2D eigenvalue weighted by Crippen LogP contribution is 2.36. The van der Waals surface area contributed by atoms with E-state index in [1.807, 2.05) is 0 Å². The van der Waals surface area contributed by atoms with Crippen molar-refractivity contribution in [2.45, 2.75) is 209 Å². The zero-order valence-electron chi connectivity index (χ0n) is 40.9. The van der Waals surface area contributed by atoms with Gasteiger partial charge in [0.1, 0.15) is 171 Å². The van der Waals surface area contributed by atoms with Gasteiger partial charge in [0.15, 0.2) is 37.7 Å². The summed E-state index contributed by atoms with van der Waals surface area (Å²) in [5.74, 6) is 0. The van der Waals surface area contributed by atoms with Crippen molar-refractivity contribution in [3.8, 4) is 0 Å². The molecule has 0 unspecified atom stereocenters. The number of ether oxygens (including phenoxy) is 12. The Labute approximate surface area is 440 Å². The lowest BCUT2D eigenvalue weighted by atomic mass is 9.96. The molecule has 0 aromatic heterocycles. The fraction of sp³-hybridized carbons (Fsp3) is 1.00. The van der Waals surface area contributed by atoms with Crippen LogP contribution in [-0.2, 0) is 56.8 Å². The van der Waals surface area contributed by atoms with Gasteiger partial charge in [-0.3, -0.25) is 0 Å². The van der Waals surface area contributed by atoms with E-state index in [9.17, 15) is 123 Å². The third-order valence-electron chi connectivity index (χ3n) is 14.2. The van der Waals surface area contributed by atoms with Crippen LogP contribution in [-0.4, -0.2) is 384 Å². The Hall–Kier alpha value is -1.44. The number of hydrogen-bond acceptors (Lipinski definition) is 36. The molecule has 0 bridgehead atoms. The van der Waals surface area contributed by atoms with Crippen molar-refractivity contribution >= 4 is 0 Å². The first-order chi connectivity index (χ1) is 36.9. The molecule has 0 aromatic carbocycles. The van der Waals surface area contributed by atoms with Crippen LogP contribution in [0, 0.1) is 0 Å². The summed E-state index contributed by atoms with van der Waals surface area (Å²) in [6.45, 7) is -9.19. The third kappa shape index (κ3) is 14.2. The Bertz CT molecular complexity index is 1630. The van der Waals surface area contributed by atoms with E-state index in [1.54, 1.807) is 0 Å². The minimum absolute atomic E-state index is 1.03. The monoisotopic (exact) mass is 1150 g/mol. The van der Waals surface area contributed by atoms with Crippen LogP contribution < -0.4 is 0 Å². The largest absolute Gasteiger partial charge is 0.394 e. The Morgan fingerprint density at radius 3 is 0.615 bits per heavy atom. The van der Waals surface area contributed by atoms with E-state index in [0.717, 1.165) is 0 Å². The van der Waals surface area contributed by atoms with Crippen molar-refractivity contribution in [1.82, 2.24) is 0 Å². The second kappa shape index (κ2) is 28.9. The number of rotatable bonds is 23. The molecule has 458 valence electrons. The molecule has 6 aliphatic rings. The highest BCUT2D eigenvalue weighted by Gasteiger charge is 2.56. The summed E-state index contributed by atoms with van der Waals surface area (Å²) in [7, 11) is 0. The summed E-state index contributed by atoms with van der Waals surface area (Å²) in [4.78, 5) is 0. The van der Waals surface area contributed by atoms with Gasteiger partial charge in [-0.05, 0) is 0 Å².